The van der Waals surface area contributed by atoms with Gasteiger partial charge in [0.25, 0.3) is 0 Å². The van der Waals surface area contributed by atoms with Gasteiger partial charge in [-0.05, 0) is 97.8 Å². The molecule has 1 aromatic heterocycles. The number of fused-ring (bicyclic) bond motifs is 11. The van der Waals surface area contributed by atoms with Gasteiger partial charge in [0, 0.05) is 30.9 Å². The monoisotopic (exact) mass is 446 g/mol. The largest absolute Gasteiger partial charge is 0.309 e. The molecule has 0 N–H and O–H groups in total. The van der Waals surface area contributed by atoms with Crippen LogP contribution in [0.1, 0.15) is 44.5 Å². The van der Waals surface area contributed by atoms with E-state index in [1.54, 1.807) is 0 Å². The Morgan fingerprint density at radius 2 is 1.17 bits per heavy atom. The Balaban J connectivity index is 1.24. The van der Waals surface area contributed by atoms with Crippen LogP contribution in [0.3, 0.4) is 0 Å². The number of pyridine rings is 1. The van der Waals surface area contributed by atoms with Crippen molar-refractivity contribution in [3.63, 3.8) is 0 Å². The predicted molar refractivity (Wildman–Crippen MR) is 141 cm³/mol. The van der Waals surface area contributed by atoms with Gasteiger partial charge in [-0.3, -0.25) is 4.98 Å². The van der Waals surface area contributed by atoms with Crippen LogP contribution in [0.4, 0.5) is 17.1 Å². The third-order valence-corrected chi connectivity index (χ3v) is 8.60. The van der Waals surface area contributed by atoms with Crippen molar-refractivity contribution in [2.24, 2.45) is 0 Å². The van der Waals surface area contributed by atoms with E-state index in [0.717, 1.165) is 25.7 Å². The van der Waals surface area contributed by atoms with Crippen LogP contribution in [0.15, 0.2) is 85.2 Å². The minimum Gasteiger partial charge on any atom is -0.309 e. The summed E-state index contributed by atoms with van der Waals surface area (Å²) in [6.07, 6.45) is 8.14. The predicted octanol–water partition coefficient (Wildman–Crippen LogP) is 7.50. The van der Waals surface area contributed by atoms with Crippen molar-refractivity contribution < 1.29 is 0 Å². The Bertz CT molecular complexity index is 1760. The molecule has 4 aliphatic rings. The Morgan fingerprint density at radius 1 is 0.486 bits per heavy atom. The molecule has 2 aliphatic carbocycles. The quantitative estimate of drug-likeness (QED) is 0.240. The van der Waals surface area contributed by atoms with Crippen LogP contribution in [0.25, 0.3) is 22.3 Å². The molecule has 164 valence electrons. The fourth-order valence-electron chi connectivity index (χ4n) is 7.09. The van der Waals surface area contributed by atoms with Crippen molar-refractivity contribution in [3.05, 3.63) is 130 Å². The smallest absolute Gasteiger partial charge is 0.0563 e. The minimum atomic E-state index is 0.948. The molecule has 0 amide bonds. The summed E-state index contributed by atoms with van der Waals surface area (Å²) >= 11 is 0. The van der Waals surface area contributed by atoms with Gasteiger partial charge in [0.15, 0.2) is 0 Å². The molecule has 4 aromatic carbocycles. The molecule has 2 aliphatic heterocycles. The van der Waals surface area contributed by atoms with E-state index in [2.05, 4.69) is 95.1 Å². The van der Waals surface area contributed by atoms with Gasteiger partial charge < -0.3 is 4.90 Å². The van der Waals surface area contributed by atoms with Crippen LogP contribution in [-0.2, 0) is 25.7 Å². The second-order valence-electron chi connectivity index (χ2n) is 10.4. The molecule has 0 bridgehead atoms. The highest BCUT2D eigenvalue weighted by atomic mass is 15.2. The fraction of sp³-hybridized carbons (Fsp3) is 0.121. The first-order valence-corrected chi connectivity index (χ1v) is 12.6. The van der Waals surface area contributed by atoms with Gasteiger partial charge >= 0.3 is 0 Å². The Labute approximate surface area is 204 Å². The van der Waals surface area contributed by atoms with Gasteiger partial charge in [0.05, 0.1) is 11.4 Å². The van der Waals surface area contributed by atoms with Crippen molar-refractivity contribution in [2.75, 3.05) is 4.90 Å². The van der Waals surface area contributed by atoms with E-state index in [-0.39, 0.29) is 0 Å². The summed E-state index contributed by atoms with van der Waals surface area (Å²) in [7, 11) is 0. The highest BCUT2D eigenvalue weighted by molar-refractivity contribution is 5.93. The van der Waals surface area contributed by atoms with Gasteiger partial charge in [-0.1, -0.05) is 54.6 Å². The second-order valence-corrected chi connectivity index (χ2v) is 10.4. The number of hydrogen-bond acceptors (Lipinski definition) is 2. The summed E-state index contributed by atoms with van der Waals surface area (Å²) in [6, 6.07) is 27.5. The number of anilines is 3. The molecule has 3 heterocycles. The van der Waals surface area contributed by atoms with Gasteiger partial charge in [0.2, 0.25) is 0 Å². The number of rotatable bonds is 0. The average molecular weight is 447 g/mol. The van der Waals surface area contributed by atoms with Crippen molar-refractivity contribution in [3.8, 4) is 22.3 Å². The minimum absolute atomic E-state index is 0.948. The zero-order valence-corrected chi connectivity index (χ0v) is 19.3. The standard InChI is InChI=1S/C33H22N2/c1-3-7-25-19(5-1)13-29-26(25)9-10-27-28-15-22-12-24-18-34-17-23-11-20-6-2-4-8-31(20)35(33(23)24)32(22)16-21(28)14-30(27)29/h1-10,15-18H,11-14H2. The Hall–Kier alpha value is -4.17. The van der Waals surface area contributed by atoms with Crippen molar-refractivity contribution in [1.82, 2.24) is 4.98 Å². The first kappa shape index (κ1) is 18.2. The first-order chi connectivity index (χ1) is 17.3. The molecular weight excluding hydrogens is 424 g/mol. The lowest BCUT2D eigenvalue weighted by Gasteiger charge is -2.39. The third-order valence-electron chi connectivity index (χ3n) is 8.60. The summed E-state index contributed by atoms with van der Waals surface area (Å²) in [5.41, 5.74) is 21.2. The highest BCUT2D eigenvalue weighted by Crippen LogP contribution is 2.53. The fourth-order valence-corrected chi connectivity index (χ4v) is 7.09. The van der Waals surface area contributed by atoms with E-state index in [1.807, 2.05) is 0 Å². The van der Waals surface area contributed by atoms with Crippen molar-refractivity contribution in [1.29, 1.82) is 0 Å². The molecule has 2 nitrogen and oxygen atoms in total. The molecular formula is C33H22N2. The Morgan fingerprint density at radius 3 is 2.03 bits per heavy atom. The number of nitrogens with zero attached hydrogens (tertiary/aromatic N) is 2. The normalized spacial score (nSPS) is 14.9. The summed E-state index contributed by atoms with van der Waals surface area (Å²) < 4.78 is 0. The lowest BCUT2D eigenvalue weighted by atomic mass is 9.86. The maximum Gasteiger partial charge on any atom is 0.0563 e. The van der Waals surface area contributed by atoms with Crippen LogP contribution < -0.4 is 4.90 Å². The van der Waals surface area contributed by atoms with Gasteiger partial charge in [-0.2, -0.15) is 0 Å². The number of aromatic nitrogens is 1. The lowest BCUT2D eigenvalue weighted by molar-refractivity contribution is 0.984. The maximum absolute atomic E-state index is 4.62. The molecule has 0 saturated carbocycles. The third kappa shape index (κ3) is 2.27. The number of hydrogen-bond donors (Lipinski definition) is 0. The highest BCUT2D eigenvalue weighted by Gasteiger charge is 2.34. The molecule has 0 atom stereocenters. The van der Waals surface area contributed by atoms with E-state index in [4.69, 9.17) is 0 Å². The number of benzene rings is 4. The van der Waals surface area contributed by atoms with Gasteiger partial charge in [0.1, 0.15) is 0 Å². The van der Waals surface area contributed by atoms with E-state index in [9.17, 15) is 0 Å². The average Bonchev–Trinajstić information content (AvgIpc) is 3.45. The van der Waals surface area contributed by atoms with E-state index >= 15 is 0 Å². The maximum atomic E-state index is 4.62. The summed E-state index contributed by atoms with van der Waals surface area (Å²) in [6.45, 7) is 0. The van der Waals surface area contributed by atoms with Crippen LogP contribution in [0.2, 0.25) is 0 Å². The lowest BCUT2D eigenvalue weighted by Crippen LogP contribution is -2.25. The first-order valence-electron chi connectivity index (χ1n) is 12.6. The zero-order chi connectivity index (χ0) is 22.7. The van der Waals surface area contributed by atoms with Gasteiger partial charge in [-0.15, -0.1) is 0 Å². The second kappa shape index (κ2) is 6.28. The summed E-state index contributed by atoms with van der Waals surface area (Å²) in [4.78, 5) is 7.15. The summed E-state index contributed by atoms with van der Waals surface area (Å²) in [5, 5.41) is 0. The molecule has 0 radical (unpaired) electrons. The molecule has 9 rings (SSSR count). The molecule has 5 aromatic rings. The van der Waals surface area contributed by atoms with E-state index in [0.29, 0.717) is 0 Å². The molecule has 35 heavy (non-hydrogen) atoms. The van der Waals surface area contributed by atoms with Crippen molar-refractivity contribution >= 4 is 17.1 Å². The van der Waals surface area contributed by atoms with Crippen LogP contribution in [0, 0.1) is 0 Å². The SMILES string of the molecule is c1ccc2c(c1)Cc1c-2ccc2c1Cc1cc3c(cc1-2)Cc1cncc2c1N3c1ccccc1C2. The molecule has 0 unspecified atom stereocenters. The molecule has 2 heteroatoms. The topological polar surface area (TPSA) is 16.1 Å². The molecule has 0 spiro atoms. The van der Waals surface area contributed by atoms with Gasteiger partial charge in [-0.25, -0.2) is 0 Å². The van der Waals surface area contributed by atoms with E-state index < -0.39 is 0 Å². The zero-order valence-electron chi connectivity index (χ0n) is 19.3. The van der Waals surface area contributed by atoms with Crippen LogP contribution in [0.5, 0.6) is 0 Å². The Kier molecular flexibility index (Phi) is 3.27. The molecule has 0 fully saturated rings. The van der Waals surface area contributed by atoms with Crippen molar-refractivity contribution in [2.45, 2.75) is 25.7 Å². The molecule has 0 saturated heterocycles. The van der Waals surface area contributed by atoms with Crippen LogP contribution >= 0.6 is 0 Å². The summed E-state index contributed by atoms with van der Waals surface area (Å²) in [5.74, 6) is 0. The van der Waals surface area contributed by atoms with E-state index in [1.165, 1.54) is 83.8 Å². The number of para-hydroxylation sites is 1. The van der Waals surface area contributed by atoms with Crippen LogP contribution in [-0.4, -0.2) is 4.98 Å².